The summed E-state index contributed by atoms with van der Waals surface area (Å²) in [6.45, 7) is 1.68. The van der Waals surface area contributed by atoms with Crippen molar-refractivity contribution < 1.29 is 9.59 Å². The number of amides is 2. The Morgan fingerprint density at radius 3 is 2.80 bits per heavy atom. The summed E-state index contributed by atoms with van der Waals surface area (Å²) in [7, 11) is 0. The van der Waals surface area contributed by atoms with Gasteiger partial charge >= 0.3 is 0 Å². The first-order valence-electron chi connectivity index (χ1n) is 4.39. The second-order valence-corrected chi connectivity index (χ2v) is 3.25. The van der Waals surface area contributed by atoms with Crippen molar-refractivity contribution in [3.05, 3.63) is 11.8 Å². The number of hydrogen-bond donors (Lipinski definition) is 4. The van der Waals surface area contributed by atoms with E-state index in [0.717, 1.165) is 0 Å². The van der Waals surface area contributed by atoms with E-state index in [1.54, 1.807) is 6.92 Å². The van der Waals surface area contributed by atoms with E-state index in [2.05, 4.69) is 15.5 Å². The van der Waals surface area contributed by atoms with Crippen molar-refractivity contribution in [2.45, 2.75) is 19.4 Å². The van der Waals surface area contributed by atoms with Crippen LogP contribution in [-0.2, 0) is 4.79 Å². The number of rotatable bonds is 4. The number of nitrogens with zero attached hydrogens (tertiary/aromatic N) is 1. The summed E-state index contributed by atoms with van der Waals surface area (Å²) in [4.78, 5) is 22.0. The summed E-state index contributed by atoms with van der Waals surface area (Å²) in [5.41, 5.74) is 10.6. The van der Waals surface area contributed by atoms with E-state index in [1.807, 2.05) is 0 Å². The molecule has 1 unspecified atom stereocenters. The number of hydrogen-bond acceptors (Lipinski definition) is 4. The van der Waals surface area contributed by atoms with Gasteiger partial charge in [-0.25, -0.2) is 0 Å². The summed E-state index contributed by atoms with van der Waals surface area (Å²) in [6, 6.07) is 1.09. The topological polar surface area (TPSA) is 127 Å². The molecule has 2 amide bonds. The Morgan fingerprint density at radius 2 is 2.33 bits per heavy atom. The van der Waals surface area contributed by atoms with Crippen molar-refractivity contribution in [1.82, 2.24) is 15.5 Å². The lowest BCUT2D eigenvalue weighted by molar-refractivity contribution is -0.118. The Morgan fingerprint density at radius 1 is 1.67 bits per heavy atom. The van der Waals surface area contributed by atoms with Crippen molar-refractivity contribution in [1.29, 1.82) is 0 Å². The van der Waals surface area contributed by atoms with Gasteiger partial charge in [-0.3, -0.25) is 14.7 Å². The van der Waals surface area contributed by atoms with Gasteiger partial charge < -0.3 is 16.8 Å². The average Bonchev–Trinajstić information content (AvgIpc) is 2.49. The van der Waals surface area contributed by atoms with Gasteiger partial charge in [0.05, 0.1) is 0 Å². The molecule has 1 rings (SSSR count). The lowest BCUT2D eigenvalue weighted by Crippen LogP contribution is -2.35. The maximum atomic E-state index is 11.5. The summed E-state index contributed by atoms with van der Waals surface area (Å²) < 4.78 is 0. The quantitative estimate of drug-likeness (QED) is 0.508. The van der Waals surface area contributed by atoms with E-state index in [0.29, 0.717) is 0 Å². The Kier molecular flexibility index (Phi) is 3.27. The molecule has 1 aromatic rings. The van der Waals surface area contributed by atoms with Crippen LogP contribution < -0.4 is 16.8 Å². The van der Waals surface area contributed by atoms with Crippen molar-refractivity contribution >= 4 is 17.6 Å². The predicted molar refractivity (Wildman–Crippen MR) is 53.7 cm³/mol. The molecule has 0 saturated heterocycles. The van der Waals surface area contributed by atoms with E-state index in [1.165, 1.54) is 6.07 Å². The van der Waals surface area contributed by atoms with E-state index in [-0.39, 0.29) is 29.9 Å². The molecule has 7 nitrogen and oxygen atoms in total. The molecule has 1 heterocycles. The minimum absolute atomic E-state index is 0.0926. The third kappa shape index (κ3) is 3.29. The molecule has 0 aliphatic carbocycles. The Labute approximate surface area is 86.2 Å². The molecule has 0 fully saturated rings. The second kappa shape index (κ2) is 4.45. The highest BCUT2D eigenvalue weighted by molar-refractivity contribution is 5.93. The summed E-state index contributed by atoms with van der Waals surface area (Å²) in [5, 5.41) is 8.64. The van der Waals surface area contributed by atoms with Gasteiger partial charge in [0.15, 0.2) is 0 Å². The van der Waals surface area contributed by atoms with Crippen LogP contribution in [0.1, 0.15) is 23.8 Å². The van der Waals surface area contributed by atoms with Crippen molar-refractivity contribution in [3.63, 3.8) is 0 Å². The number of carbonyl (C=O) groups is 2. The largest absolute Gasteiger partial charge is 0.382 e. The lowest BCUT2D eigenvalue weighted by atomic mass is 10.2. The van der Waals surface area contributed by atoms with Crippen molar-refractivity contribution in [2.24, 2.45) is 5.73 Å². The van der Waals surface area contributed by atoms with Crippen LogP contribution >= 0.6 is 0 Å². The first-order valence-corrected chi connectivity index (χ1v) is 4.39. The maximum Gasteiger partial charge on any atom is 0.269 e. The summed E-state index contributed by atoms with van der Waals surface area (Å²) >= 11 is 0. The highest BCUT2D eigenvalue weighted by Gasteiger charge is 2.13. The zero-order valence-electron chi connectivity index (χ0n) is 8.28. The molecule has 0 bridgehead atoms. The number of nitrogens with two attached hydrogens (primary N) is 2. The fraction of sp³-hybridized carbons (Fsp3) is 0.375. The number of aromatic nitrogens is 2. The van der Waals surface area contributed by atoms with Crippen LogP contribution in [-0.4, -0.2) is 28.1 Å². The van der Waals surface area contributed by atoms with Crippen LogP contribution in [0.4, 0.5) is 5.82 Å². The van der Waals surface area contributed by atoms with Crippen LogP contribution in [0.2, 0.25) is 0 Å². The number of nitrogen functional groups attached to an aromatic ring is 1. The molecule has 1 aromatic heterocycles. The number of carbonyl (C=O) groups excluding carboxylic acids is 2. The Hall–Kier alpha value is -2.05. The molecular weight excluding hydrogens is 198 g/mol. The molecule has 0 radical (unpaired) electrons. The molecule has 0 aliphatic heterocycles. The third-order valence-corrected chi connectivity index (χ3v) is 1.73. The monoisotopic (exact) mass is 211 g/mol. The minimum atomic E-state index is -0.466. The van der Waals surface area contributed by atoms with Gasteiger partial charge in [0.2, 0.25) is 5.91 Å². The van der Waals surface area contributed by atoms with Crippen LogP contribution in [0.25, 0.3) is 0 Å². The van der Waals surface area contributed by atoms with E-state index in [4.69, 9.17) is 11.5 Å². The number of anilines is 1. The van der Waals surface area contributed by atoms with E-state index in [9.17, 15) is 9.59 Å². The van der Waals surface area contributed by atoms with Crippen LogP contribution in [0, 0.1) is 0 Å². The minimum Gasteiger partial charge on any atom is -0.382 e. The zero-order chi connectivity index (χ0) is 11.4. The molecule has 0 aliphatic rings. The highest BCUT2D eigenvalue weighted by Crippen LogP contribution is 2.01. The van der Waals surface area contributed by atoms with Gasteiger partial charge in [0.1, 0.15) is 11.5 Å². The van der Waals surface area contributed by atoms with Gasteiger partial charge in [-0.05, 0) is 6.92 Å². The molecule has 1 atom stereocenters. The highest BCUT2D eigenvalue weighted by atomic mass is 16.2. The molecule has 0 spiro atoms. The molecule has 82 valence electrons. The first kappa shape index (κ1) is 11.0. The van der Waals surface area contributed by atoms with E-state index < -0.39 is 5.91 Å². The Bertz CT molecular complexity index is 373. The van der Waals surface area contributed by atoms with Crippen LogP contribution in [0.15, 0.2) is 6.07 Å². The molecule has 7 heteroatoms. The van der Waals surface area contributed by atoms with Gasteiger partial charge in [-0.15, -0.1) is 0 Å². The first-order chi connectivity index (χ1) is 6.99. The summed E-state index contributed by atoms with van der Waals surface area (Å²) in [6.07, 6.45) is 0.0926. The third-order valence-electron chi connectivity index (χ3n) is 1.73. The van der Waals surface area contributed by atoms with Crippen LogP contribution in [0.5, 0.6) is 0 Å². The molecule has 15 heavy (non-hydrogen) atoms. The Balaban J connectivity index is 2.52. The normalized spacial score (nSPS) is 12.1. The van der Waals surface area contributed by atoms with E-state index >= 15 is 0 Å². The molecular formula is C8H13N5O2. The van der Waals surface area contributed by atoms with Crippen LogP contribution in [0.3, 0.4) is 0 Å². The lowest BCUT2D eigenvalue weighted by Gasteiger charge is -2.10. The maximum absolute atomic E-state index is 11.5. The summed E-state index contributed by atoms with van der Waals surface area (Å²) in [5.74, 6) is -0.595. The molecule has 0 aromatic carbocycles. The number of nitrogens with one attached hydrogen (secondary N) is 2. The standard InChI is InChI=1S/C8H13N5O2/c1-4(2-7(10)14)11-8(15)5-3-6(9)13-12-5/h3-4H,2H2,1H3,(H2,10,14)(H,11,15)(H3,9,12,13). The zero-order valence-corrected chi connectivity index (χ0v) is 8.28. The van der Waals surface area contributed by atoms with Crippen molar-refractivity contribution in [3.8, 4) is 0 Å². The van der Waals surface area contributed by atoms with Crippen molar-refractivity contribution in [2.75, 3.05) is 5.73 Å². The number of primary amides is 1. The second-order valence-electron chi connectivity index (χ2n) is 3.25. The average molecular weight is 211 g/mol. The van der Waals surface area contributed by atoms with Gasteiger partial charge in [-0.1, -0.05) is 0 Å². The van der Waals surface area contributed by atoms with Gasteiger partial charge in [0.25, 0.3) is 5.91 Å². The SMILES string of the molecule is CC(CC(N)=O)NC(=O)c1cc(N)n[nH]1. The number of H-pyrrole nitrogens is 1. The van der Waals surface area contributed by atoms with Gasteiger partial charge in [0, 0.05) is 18.5 Å². The smallest absolute Gasteiger partial charge is 0.269 e. The molecule has 6 N–H and O–H groups in total. The fourth-order valence-corrected chi connectivity index (χ4v) is 1.11. The fourth-order valence-electron chi connectivity index (χ4n) is 1.11. The molecule has 0 saturated carbocycles. The predicted octanol–water partition coefficient (Wildman–Crippen LogP) is -1.01. The number of aromatic amines is 1. The van der Waals surface area contributed by atoms with Gasteiger partial charge in [-0.2, -0.15) is 5.10 Å².